The van der Waals surface area contributed by atoms with E-state index in [0.29, 0.717) is 32.2 Å². The zero-order chi connectivity index (χ0) is 24.1. The van der Waals surface area contributed by atoms with Crippen molar-refractivity contribution < 1.29 is 9.53 Å². The molecule has 0 radical (unpaired) electrons. The monoisotopic (exact) mass is 461 g/mol. The normalized spacial score (nSPS) is 14.2. The number of nitrogens with zero attached hydrogens (tertiary/aromatic N) is 5. The van der Waals surface area contributed by atoms with Gasteiger partial charge in [-0.25, -0.2) is 9.97 Å². The van der Waals surface area contributed by atoms with Gasteiger partial charge in [0.15, 0.2) is 0 Å². The zero-order valence-corrected chi connectivity index (χ0v) is 20.7. The van der Waals surface area contributed by atoms with Crippen LogP contribution in [0.2, 0.25) is 0 Å². The van der Waals surface area contributed by atoms with E-state index >= 15 is 0 Å². The maximum Gasteiger partial charge on any atom is 0.237 e. The number of aromatic nitrogens is 2. The number of hydrogen-bond donors (Lipinski definition) is 0. The number of hydrogen-bond acceptors (Lipinski definition) is 6. The summed E-state index contributed by atoms with van der Waals surface area (Å²) < 4.78 is 5.52. The first-order valence-corrected chi connectivity index (χ1v) is 12.0. The third kappa shape index (κ3) is 5.90. The van der Waals surface area contributed by atoms with Crippen molar-refractivity contribution in [2.75, 3.05) is 58.4 Å². The average molecular weight is 462 g/mol. The highest BCUT2D eigenvalue weighted by molar-refractivity contribution is 5.93. The lowest BCUT2D eigenvalue weighted by Gasteiger charge is -2.28. The Morgan fingerprint density at radius 3 is 2.56 bits per heavy atom. The van der Waals surface area contributed by atoms with E-state index in [0.717, 1.165) is 53.0 Å². The lowest BCUT2D eigenvalue weighted by atomic mass is 10.0. The highest BCUT2D eigenvalue weighted by Crippen LogP contribution is 2.29. The van der Waals surface area contributed by atoms with Crippen molar-refractivity contribution in [1.82, 2.24) is 19.8 Å². The molecule has 0 spiro atoms. The van der Waals surface area contributed by atoms with Crippen molar-refractivity contribution >= 4 is 22.6 Å². The smallest absolute Gasteiger partial charge is 0.237 e. The zero-order valence-electron chi connectivity index (χ0n) is 20.7. The van der Waals surface area contributed by atoms with Crippen molar-refractivity contribution in [3.63, 3.8) is 0 Å². The molecule has 7 heteroatoms. The Morgan fingerprint density at radius 1 is 1.06 bits per heavy atom. The molecule has 0 aliphatic carbocycles. The molecule has 0 saturated carbocycles. The fourth-order valence-electron chi connectivity index (χ4n) is 4.39. The standard InChI is InChI=1S/C27H35N5O2/c1-20(2)16-32(26(33)18-30(3)4)17-21-6-5-7-22(14-21)23-8-9-25-24(15-23)27(29-19-28-25)31-10-12-34-13-11-31/h5-9,14-15,19-20H,10-13,16-18H2,1-4H3. The van der Waals surface area contributed by atoms with Crippen LogP contribution < -0.4 is 4.90 Å². The summed E-state index contributed by atoms with van der Waals surface area (Å²) in [6.07, 6.45) is 1.64. The van der Waals surface area contributed by atoms with E-state index < -0.39 is 0 Å². The predicted octanol–water partition coefficient (Wildman–Crippen LogP) is 3.68. The molecule has 1 aromatic heterocycles. The molecule has 7 nitrogen and oxygen atoms in total. The van der Waals surface area contributed by atoms with Gasteiger partial charge in [-0.2, -0.15) is 0 Å². The van der Waals surface area contributed by atoms with Crippen molar-refractivity contribution in [2.45, 2.75) is 20.4 Å². The Kier molecular flexibility index (Phi) is 7.75. The minimum Gasteiger partial charge on any atom is -0.378 e. The average Bonchev–Trinajstić information content (AvgIpc) is 2.83. The second-order valence-electron chi connectivity index (χ2n) is 9.63. The number of ether oxygens (including phenoxy) is 1. The summed E-state index contributed by atoms with van der Waals surface area (Å²) in [5.41, 5.74) is 4.31. The first-order chi connectivity index (χ1) is 16.4. The molecule has 0 atom stereocenters. The van der Waals surface area contributed by atoms with E-state index in [1.807, 2.05) is 23.9 Å². The fourth-order valence-corrected chi connectivity index (χ4v) is 4.39. The highest BCUT2D eigenvalue weighted by Gasteiger charge is 2.18. The Bertz CT molecular complexity index is 1120. The molecular formula is C27H35N5O2. The van der Waals surface area contributed by atoms with Gasteiger partial charge in [-0.1, -0.05) is 38.1 Å². The number of likely N-dealkylation sites (N-methyl/N-ethyl adjacent to an activating group) is 1. The van der Waals surface area contributed by atoms with Gasteiger partial charge in [-0.15, -0.1) is 0 Å². The first-order valence-electron chi connectivity index (χ1n) is 12.0. The maximum absolute atomic E-state index is 12.8. The number of amides is 1. The molecule has 1 aliphatic rings. The summed E-state index contributed by atoms with van der Waals surface area (Å²) in [4.78, 5) is 28.1. The number of carbonyl (C=O) groups excluding carboxylic acids is 1. The van der Waals surface area contributed by atoms with Gasteiger partial charge >= 0.3 is 0 Å². The molecule has 1 saturated heterocycles. The fraction of sp³-hybridized carbons (Fsp3) is 0.444. The molecule has 2 aromatic carbocycles. The predicted molar refractivity (Wildman–Crippen MR) is 137 cm³/mol. The Morgan fingerprint density at radius 2 is 1.82 bits per heavy atom. The van der Waals surface area contributed by atoms with Gasteiger partial charge in [-0.3, -0.25) is 4.79 Å². The van der Waals surface area contributed by atoms with Crippen LogP contribution in [0.15, 0.2) is 48.8 Å². The van der Waals surface area contributed by atoms with E-state index in [1.54, 1.807) is 6.33 Å². The third-order valence-electron chi connectivity index (χ3n) is 5.95. The largest absolute Gasteiger partial charge is 0.378 e. The Balaban J connectivity index is 1.62. The van der Waals surface area contributed by atoms with Crippen LogP contribution in [0.5, 0.6) is 0 Å². The van der Waals surface area contributed by atoms with Crippen LogP contribution in [0.25, 0.3) is 22.0 Å². The maximum atomic E-state index is 12.8. The SMILES string of the molecule is CC(C)CN(Cc1cccc(-c2ccc3ncnc(N4CCOCC4)c3c2)c1)C(=O)CN(C)C. The second kappa shape index (κ2) is 10.9. The van der Waals surface area contributed by atoms with E-state index in [4.69, 9.17) is 4.74 Å². The Labute approximate surface area is 202 Å². The van der Waals surface area contributed by atoms with Crippen LogP contribution in [-0.2, 0) is 16.1 Å². The summed E-state index contributed by atoms with van der Waals surface area (Å²) in [6, 6.07) is 14.8. The molecular weight excluding hydrogens is 426 g/mol. The minimum absolute atomic E-state index is 0.155. The second-order valence-corrected chi connectivity index (χ2v) is 9.63. The molecule has 0 bridgehead atoms. The molecule has 1 aliphatic heterocycles. The van der Waals surface area contributed by atoms with Crippen molar-refractivity contribution in [2.24, 2.45) is 5.92 Å². The number of benzene rings is 2. The summed E-state index contributed by atoms with van der Waals surface area (Å²) in [7, 11) is 3.86. The third-order valence-corrected chi connectivity index (χ3v) is 5.95. The van der Waals surface area contributed by atoms with Crippen LogP contribution in [0, 0.1) is 5.92 Å². The highest BCUT2D eigenvalue weighted by atomic mass is 16.5. The molecule has 3 aromatic rings. The van der Waals surface area contributed by atoms with Crippen LogP contribution in [0.3, 0.4) is 0 Å². The van der Waals surface area contributed by atoms with Gasteiger partial charge in [0, 0.05) is 31.6 Å². The summed E-state index contributed by atoms with van der Waals surface area (Å²) in [5, 5.41) is 1.05. The molecule has 1 amide bonds. The first kappa shape index (κ1) is 24.1. The van der Waals surface area contributed by atoms with E-state index in [-0.39, 0.29) is 5.91 Å². The lowest BCUT2D eigenvalue weighted by Crippen LogP contribution is -2.39. The van der Waals surface area contributed by atoms with Gasteiger partial charge in [0.25, 0.3) is 0 Å². The summed E-state index contributed by atoms with van der Waals surface area (Å²) >= 11 is 0. The summed E-state index contributed by atoms with van der Waals surface area (Å²) in [6.45, 7) is 9.16. The van der Waals surface area contributed by atoms with Gasteiger partial charge < -0.3 is 19.4 Å². The molecule has 0 N–H and O–H groups in total. The van der Waals surface area contributed by atoms with Crippen molar-refractivity contribution in [3.8, 4) is 11.1 Å². The van der Waals surface area contributed by atoms with Crippen molar-refractivity contribution in [3.05, 3.63) is 54.4 Å². The van der Waals surface area contributed by atoms with Crippen LogP contribution >= 0.6 is 0 Å². The topological polar surface area (TPSA) is 61.8 Å². The molecule has 34 heavy (non-hydrogen) atoms. The summed E-state index contributed by atoms with van der Waals surface area (Å²) in [5.74, 6) is 1.53. The van der Waals surface area contributed by atoms with Crippen LogP contribution in [-0.4, -0.2) is 79.2 Å². The van der Waals surface area contributed by atoms with Crippen LogP contribution in [0.4, 0.5) is 5.82 Å². The number of morpholine rings is 1. The molecule has 4 rings (SSSR count). The van der Waals surface area contributed by atoms with Gasteiger partial charge in [0.1, 0.15) is 12.1 Å². The van der Waals surface area contributed by atoms with E-state index in [9.17, 15) is 4.79 Å². The van der Waals surface area contributed by atoms with E-state index in [1.165, 1.54) is 0 Å². The molecule has 0 unspecified atom stereocenters. The number of anilines is 1. The number of fused-ring (bicyclic) bond motifs is 1. The minimum atomic E-state index is 0.155. The lowest BCUT2D eigenvalue weighted by molar-refractivity contribution is -0.133. The molecule has 180 valence electrons. The van der Waals surface area contributed by atoms with Gasteiger partial charge in [-0.05, 0) is 54.9 Å². The Hall–Kier alpha value is -3.03. The van der Waals surface area contributed by atoms with Gasteiger partial charge in [0.2, 0.25) is 5.91 Å². The molecule has 2 heterocycles. The number of rotatable bonds is 8. The van der Waals surface area contributed by atoms with Gasteiger partial charge in [0.05, 0.1) is 25.3 Å². The van der Waals surface area contributed by atoms with Crippen LogP contribution in [0.1, 0.15) is 19.4 Å². The quantitative estimate of drug-likeness (QED) is 0.510. The van der Waals surface area contributed by atoms with E-state index in [2.05, 4.69) is 71.2 Å². The van der Waals surface area contributed by atoms with Crippen molar-refractivity contribution in [1.29, 1.82) is 0 Å². The number of carbonyl (C=O) groups is 1. The molecule has 1 fully saturated rings.